The van der Waals surface area contributed by atoms with E-state index < -0.39 is 11.3 Å². The minimum absolute atomic E-state index is 0.0162. The molecule has 1 saturated heterocycles. The Balaban J connectivity index is 2.49. The van der Waals surface area contributed by atoms with E-state index in [1.54, 1.807) is 0 Å². The molecule has 15 heavy (non-hydrogen) atoms. The van der Waals surface area contributed by atoms with Gasteiger partial charge in [0, 0.05) is 5.57 Å². The lowest BCUT2D eigenvalue weighted by molar-refractivity contribution is -0.146. The lowest BCUT2D eigenvalue weighted by Gasteiger charge is -2.45. The Labute approximate surface area is 90.6 Å². The van der Waals surface area contributed by atoms with Crippen molar-refractivity contribution < 1.29 is 14.7 Å². The lowest BCUT2D eigenvalue weighted by atomic mass is 10.1. The molecule has 2 aliphatic heterocycles. The molecule has 0 aromatic heterocycles. The van der Waals surface area contributed by atoms with Crippen molar-refractivity contribution in [1.29, 1.82) is 0 Å². The van der Waals surface area contributed by atoms with Crippen molar-refractivity contribution in [2.75, 3.05) is 0 Å². The van der Waals surface area contributed by atoms with E-state index in [0.717, 1.165) is 0 Å². The SMILES string of the molecule is C=CC1=C(C(=O)O)N2C(=O)CC2SC1N. The summed E-state index contributed by atoms with van der Waals surface area (Å²) in [6, 6.07) is 0. The van der Waals surface area contributed by atoms with Gasteiger partial charge in [-0.1, -0.05) is 12.7 Å². The molecule has 0 aromatic carbocycles. The summed E-state index contributed by atoms with van der Waals surface area (Å²) in [5, 5.41) is 8.50. The highest BCUT2D eigenvalue weighted by atomic mass is 32.2. The topological polar surface area (TPSA) is 83.6 Å². The van der Waals surface area contributed by atoms with Crippen LogP contribution < -0.4 is 5.73 Å². The van der Waals surface area contributed by atoms with Gasteiger partial charge in [0.2, 0.25) is 5.91 Å². The van der Waals surface area contributed by atoms with E-state index in [1.165, 1.54) is 22.7 Å². The average Bonchev–Trinajstić information content (AvgIpc) is 2.15. The average molecular weight is 226 g/mol. The minimum Gasteiger partial charge on any atom is -0.477 e. The minimum atomic E-state index is -1.13. The van der Waals surface area contributed by atoms with Crippen LogP contribution in [0, 0.1) is 0 Å². The van der Waals surface area contributed by atoms with Crippen molar-refractivity contribution in [3.63, 3.8) is 0 Å². The molecule has 0 aliphatic carbocycles. The predicted octanol–water partition coefficient (Wildman–Crippen LogP) is 0.101. The molecule has 0 radical (unpaired) electrons. The second kappa shape index (κ2) is 3.39. The van der Waals surface area contributed by atoms with Gasteiger partial charge in [0.25, 0.3) is 0 Å². The maximum Gasteiger partial charge on any atom is 0.353 e. The molecule has 2 rings (SSSR count). The van der Waals surface area contributed by atoms with Crippen molar-refractivity contribution in [2.45, 2.75) is 17.2 Å². The van der Waals surface area contributed by atoms with Gasteiger partial charge in [0.05, 0.1) is 17.2 Å². The van der Waals surface area contributed by atoms with Crippen molar-refractivity contribution >= 4 is 23.6 Å². The van der Waals surface area contributed by atoms with E-state index in [-0.39, 0.29) is 17.0 Å². The molecule has 80 valence electrons. The molecule has 6 heteroatoms. The van der Waals surface area contributed by atoms with Crippen LogP contribution in [0.3, 0.4) is 0 Å². The zero-order valence-electron chi connectivity index (χ0n) is 7.84. The molecule has 2 unspecified atom stereocenters. The molecule has 2 heterocycles. The Hall–Kier alpha value is -1.27. The number of rotatable bonds is 2. The first-order valence-corrected chi connectivity index (χ1v) is 5.33. The molecule has 3 N–H and O–H groups in total. The third-order valence-corrected chi connectivity index (χ3v) is 3.69. The van der Waals surface area contributed by atoms with Crippen molar-refractivity contribution in [3.05, 3.63) is 23.9 Å². The number of carbonyl (C=O) groups excluding carboxylic acids is 1. The molecular formula is C9H10N2O3S. The number of thioether (sulfide) groups is 1. The molecule has 1 fully saturated rings. The van der Waals surface area contributed by atoms with E-state index in [2.05, 4.69) is 6.58 Å². The molecule has 0 bridgehead atoms. The van der Waals surface area contributed by atoms with E-state index in [9.17, 15) is 9.59 Å². The number of aliphatic carboxylic acids is 1. The lowest BCUT2D eigenvalue weighted by Crippen LogP contribution is -2.56. The van der Waals surface area contributed by atoms with Gasteiger partial charge in [0.15, 0.2) is 0 Å². The monoisotopic (exact) mass is 226 g/mol. The fraction of sp³-hybridized carbons (Fsp3) is 0.333. The maximum absolute atomic E-state index is 11.3. The van der Waals surface area contributed by atoms with Crippen LogP contribution in [-0.4, -0.2) is 32.6 Å². The Bertz CT molecular complexity index is 391. The third-order valence-electron chi connectivity index (χ3n) is 2.45. The number of carbonyl (C=O) groups is 2. The van der Waals surface area contributed by atoms with Gasteiger partial charge in [-0.15, -0.1) is 11.8 Å². The number of carboxylic acids is 1. The zero-order chi connectivity index (χ0) is 11.2. The van der Waals surface area contributed by atoms with Gasteiger partial charge >= 0.3 is 5.97 Å². The maximum atomic E-state index is 11.3. The molecule has 0 saturated carbocycles. The summed E-state index contributed by atoms with van der Waals surface area (Å²) in [4.78, 5) is 23.6. The number of hydrogen-bond donors (Lipinski definition) is 2. The Kier molecular flexibility index (Phi) is 2.32. The quantitative estimate of drug-likeness (QED) is 0.652. The van der Waals surface area contributed by atoms with Crippen LogP contribution in [0.4, 0.5) is 0 Å². The largest absolute Gasteiger partial charge is 0.477 e. The highest BCUT2D eigenvalue weighted by Crippen LogP contribution is 2.42. The van der Waals surface area contributed by atoms with Gasteiger partial charge in [-0.25, -0.2) is 4.79 Å². The van der Waals surface area contributed by atoms with Crippen LogP contribution in [0.25, 0.3) is 0 Å². The Morgan fingerprint density at radius 3 is 2.87 bits per heavy atom. The summed E-state index contributed by atoms with van der Waals surface area (Å²) < 4.78 is 0. The van der Waals surface area contributed by atoms with Gasteiger partial charge in [0.1, 0.15) is 5.70 Å². The third kappa shape index (κ3) is 1.37. The first kappa shape index (κ1) is 10.3. The summed E-state index contributed by atoms with van der Waals surface area (Å²) in [6.07, 6.45) is 1.77. The summed E-state index contributed by atoms with van der Waals surface area (Å²) in [5.74, 6) is -1.30. The van der Waals surface area contributed by atoms with Gasteiger partial charge < -0.3 is 10.8 Å². The van der Waals surface area contributed by atoms with Crippen LogP contribution in [0.2, 0.25) is 0 Å². The number of β-lactam (4-membered cyclic amide) rings is 1. The highest BCUT2D eigenvalue weighted by Gasteiger charge is 2.47. The summed E-state index contributed by atoms with van der Waals surface area (Å²) >= 11 is 1.38. The fourth-order valence-corrected chi connectivity index (χ4v) is 3.00. The molecule has 2 atom stereocenters. The summed E-state index contributed by atoms with van der Waals surface area (Å²) in [5.41, 5.74) is 6.18. The van der Waals surface area contributed by atoms with Crippen LogP contribution in [0.5, 0.6) is 0 Å². The Morgan fingerprint density at radius 2 is 2.40 bits per heavy atom. The number of nitrogens with two attached hydrogens (primary N) is 1. The predicted molar refractivity (Wildman–Crippen MR) is 55.7 cm³/mol. The fourth-order valence-electron chi connectivity index (χ4n) is 1.72. The number of carboxylic acid groups (broad SMARTS) is 1. The summed E-state index contributed by atoms with van der Waals surface area (Å²) in [6.45, 7) is 3.52. The van der Waals surface area contributed by atoms with Gasteiger partial charge in [-0.05, 0) is 0 Å². The van der Waals surface area contributed by atoms with Gasteiger partial charge in [-0.3, -0.25) is 9.69 Å². The highest BCUT2D eigenvalue weighted by molar-refractivity contribution is 8.00. The van der Waals surface area contributed by atoms with E-state index in [4.69, 9.17) is 10.8 Å². The van der Waals surface area contributed by atoms with Crippen LogP contribution >= 0.6 is 11.8 Å². The zero-order valence-corrected chi connectivity index (χ0v) is 8.66. The van der Waals surface area contributed by atoms with E-state index in [1.807, 2.05) is 0 Å². The van der Waals surface area contributed by atoms with E-state index in [0.29, 0.717) is 12.0 Å². The smallest absolute Gasteiger partial charge is 0.353 e. The van der Waals surface area contributed by atoms with Crippen LogP contribution in [0.1, 0.15) is 6.42 Å². The molecule has 5 nitrogen and oxygen atoms in total. The number of nitrogens with zero attached hydrogens (tertiary/aromatic N) is 1. The molecular weight excluding hydrogens is 216 g/mol. The first-order valence-electron chi connectivity index (χ1n) is 4.39. The van der Waals surface area contributed by atoms with Crippen LogP contribution in [0.15, 0.2) is 23.9 Å². The molecule has 0 aromatic rings. The second-order valence-electron chi connectivity index (χ2n) is 3.29. The van der Waals surface area contributed by atoms with Gasteiger partial charge in [-0.2, -0.15) is 0 Å². The second-order valence-corrected chi connectivity index (χ2v) is 4.62. The molecule has 1 amide bonds. The van der Waals surface area contributed by atoms with Crippen molar-refractivity contribution in [2.24, 2.45) is 5.73 Å². The first-order chi connectivity index (χ1) is 7.06. The normalized spacial score (nSPS) is 29.7. The molecule has 0 spiro atoms. The number of amides is 1. The standard InChI is InChI=1S/C9H10N2O3S/c1-2-4-7(9(13)14)11-5(12)3-6(11)15-8(4)10/h2,6,8H,1,3,10H2,(H,13,14). The number of hydrogen-bond acceptors (Lipinski definition) is 4. The van der Waals surface area contributed by atoms with E-state index >= 15 is 0 Å². The van der Waals surface area contributed by atoms with Crippen molar-refractivity contribution in [3.8, 4) is 0 Å². The van der Waals surface area contributed by atoms with Crippen LogP contribution in [-0.2, 0) is 9.59 Å². The van der Waals surface area contributed by atoms with Crippen molar-refractivity contribution in [1.82, 2.24) is 4.90 Å². The summed E-state index contributed by atoms with van der Waals surface area (Å²) in [7, 11) is 0. The number of fused-ring (bicyclic) bond motifs is 1. The molecule has 2 aliphatic rings. The Morgan fingerprint density at radius 1 is 1.73 bits per heavy atom.